The molecular formula is C20H21F3N2O3S. The highest BCUT2D eigenvalue weighted by atomic mass is 32.2. The Morgan fingerprint density at radius 1 is 1.10 bits per heavy atom. The van der Waals surface area contributed by atoms with Gasteiger partial charge in [-0.3, -0.25) is 9.21 Å². The van der Waals surface area contributed by atoms with Crippen molar-refractivity contribution < 1.29 is 26.7 Å². The van der Waals surface area contributed by atoms with E-state index >= 15 is 0 Å². The molecule has 156 valence electrons. The minimum absolute atomic E-state index is 0.0241. The van der Waals surface area contributed by atoms with Gasteiger partial charge in [0.05, 0.1) is 23.9 Å². The molecule has 2 heterocycles. The number of aliphatic hydroxyl groups is 1. The van der Waals surface area contributed by atoms with Crippen LogP contribution in [0.5, 0.6) is 0 Å². The molecule has 4 rings (SSSR count). The van der Waals surface area contributed by atoms with Crippen LogP contribution in [0.4, 0.5) is 18.9 Å². The van der Waals surface area contributed by atoms with Crippen LogP contribution in [0, 0.1) is 0 Å². The number of hydrogen-bond acceptors (Lipinski definition) is 4. The Balaban J connectivity index is 1.56. The molecule has 0 bridgehead atoms. The van der Waals surface area contributed by atoms with E-state index < -0.39 is 32.6 Å². The van der Waals surface area contributed by atoms with E-state index in [1.807, 2.05) is 0 Å². The van der Waals surface area contributed by atoms with Gasteiger partial charge in [-0.25, -0.2) is 8.42 Å². The number of nitrogens with zero attached hydrogens (tertiary/aromatic N) is 2. The molecule has 9 heteroatoms. The molecule has 0 radical (unpaired) electrons. The van der Waals surface area contributed by atoms with Gasteiger partial charge in [-0.2, -0.15) is 13.2 Å². The van der Waals surface area contributed by atoms with Gasteiger partial charge >= 0.3 is 6.18 Å². The van der Waals surface area contributed by atoms with Gasteiger partial charge in [0.25, 0.3) is 0 Å². The average molecular weight is 426 g/mol. The molecular weight excluding hydrogens is 405 g/mol. The molecule has 0 aliphatic carbocycles. The number of rotatable bonds is 3. The van der Waals surface area contributed by atoms with Crippen molar-refractivity contribution in [3.05, 3.63) is 65.7 Å². The summed E-state index contributed by atoms with van der Waals surface area (Å²) in [6.45, 7) is 0.633. The smallest absolute Gasteiger partial charge is 0.389 e. The number of aliphatic hydroxyl groups excluding tert-OH is 1. The van der Waals surface area contributed by atoms with Crippen molar-refractivity contribution in [2.75, 3.05) is 23.9 Å². The molecule has 0 saturated carbocycles. The zero-order chi connectivity index (χ0) is 20.9. The van der Waals surface area contributed by atoms with Crippen LogP contribution < -0.4 is 4.31 Å². The van der Waals surface area contributed by atoms with Crippen LogP contribution in [0.3, 0.4) is 0 Å². The highest BCUT2D eigenvalue weighted by molar-refractivity contribution is 7.94. The fraction of sp³-hybridized carbons (Fsp3) is 0.400. The molecule has 2 atom stereocenters. The molecule has 5 nitrogen and oxygen atoms in total. The van der Waals surface area contributed by atoms with Crippen molar-refractivity contribution >= 4 is 15.7 Å². The fourth-order valence-electron chi connectivity index (χ4n) is 4.26. The Kier molecular flexibility index (Phi) is 4.87. The van der Waals surface area contributed by atoms with E-state index in [1.165, 1.54) is 10.4 Å². The Bertz CT molecular complexity index is 998. The average Bonchev–Trinajstić information content (AvgIpc) is 3.18. The summed E-state index contributed by atoms with van der Waals surface area (Å²) in [7, 11) is -3.82. The maximum atomic E-state index is 13.3. The second-order valence-electron chi connectivity index (χ2n) is 7.61. The molecule has 1 N–H and O–H groups in total. The lowest BCUT2D eigenvalue weighted by molar-refractivity contribution is -0.137. The number of β-amino-alcohol motifs (C(OH)–C–C–N with tert-alkyl or cyclic N) is 1. The van der Waals surface area contributed by atoms with Gasteiger partial charge in [0.2, 0.25) is 10.0 Å². The second-order valence-corrected chi connectivity index (χ2v) is 9.82. The van der Waals surface area contributed by atoms with Crippen LogP contribution in [-0.4, -0.2) is 48.9 Å². The van der Waals surface area contributed by atoms with E-state index in [9.17, 15) is 26.7 Å². The van der Waals surface area contributed by atoms with Crippen LogP contribution in [-0.2, 0) is 22.7 Å². The van der Waals surface area contributed by atoms with E-state index in [-0.39, 0.29) is 26.1 Å². The maximum absolute atomic E-state index is 13.3. The molecule has 0 unspecified atom stereocenters. The summed E-state index contributed by atoms with van der Waals surface area (Å²) in [6.07, 6.45) is -5.26. The van der Waals surface area contributed by atoms with E-state index in [1.54, 1.807) is 41.3 Å². The predicted molar refractivity (Wildman–Crippen MR) is 103 cm³/mol. The van der Waals surface area contributed by atoms with Crippen molar-refractivity contribution in [3.63, 3.8) is 0 Å². The van der Waals surface area contributed by atoms with Gasteiger partial charge in [-0.15, -0.1) is 0 Å². The van der Waals surface area contributed by atoms with Gasteiger partial charge < -0.3 is 5.11 Å². The highest BCUT2D eigenvalue weighted by Crippen LogP contribution is 2.43. The molecule has 2 fully saturated rings. The lowest BCUT2D eigenvalue weighted by atomic mass is 10.0. The van der Waals surface area contributed by atoms with Crippen molar-refractivity contribution in [1.82, 2.24) is 4.90 Å². The molecule has 2 aliphatic heterocycles. The number of sulfonamides is 1. The van der Waals surface area contributed by atoms with Crippen molar-refractivity contribution in [1.29, 1.82) is 0 Å². The normalized spacial score (nSPS) is 27.0. The standard InChI is InChI=1S/C20H21F3N2O3S/c21-20(22,23)16-6-4-5-15(11-16)12-24-10-9-19(14-24)18(26)13-25(29(19,27)28)17-7-2-1-3-8-17/h1-8,11,18,26H,9-10,12-14H2/t18-,19+/m0/s1. The van der Waals surface area contributed by atoms with Crippen molar-refractivity contribution in [3.8, 4) is 0 Å². The largest absolute Gasteiger partial charge is 0.416 e. The van der Waals surface area contributed by atoms with Gasteiger partial charge in [0.1, 0.15) is 4.75 Å². The Labute approximate surface area is 167 Å². The monoisotopic (exact) mass is 426 g/mol. The van der Waals surface area contributed by atoms with Crippen LogP contribution in [0.1, 0.15) is 17.5 Å². The van der Waals surface area contributed by atoms with Crippen LogP contribution in [0.25, 0.3) is 0 Å². The first-order chi connectivity index (χ1) is 13.6. The first kappa shape index (κ1) is 20.2. The number of halogens is 3. The van der Waals surface area contributed by atoms with Gasteiger partial charge in [0, 0.05) is 19.6 Å². The van der Waals surface area contributed by atoms with Crippen molar-refractivity contribution in [2.45, 2.75) is 30.0 Å². The summed E-state index contributed by atoms with van der Waals surface area (Å²) in [5, 5.41) is 10.7. The summed E-state index contributed by atoms with van der Waals surface area (Å²) in [5.74, 6) is 0. The zero-order valence-electron chi connectivity index (χ0n) is 15.5. The molecule has 2 saturated heterocycles. The summed E-state index contributed by atoms with van der Waals surface area (Å²) in [5.41, 5.74) is 0.231. The van der Waals surface area contributed by atoms with E-state index in [4.69, 9.17) is 0 Å². The first-order valence-electron chi connectivity index (χ1n) is 9.27. The first-order valence-corrected chi connectivity index (χ1v) is 10.7. The third-order valence-electron chi connectivity index (χ3n) is 5.80. The van der Waals surface area contributed by atoms with Crippen LogP contribution >= 0.6 is 0 Å². The third kappa shape index (κ3) is 3.41. The fourth-order valence-corrected chi connectivity index (χ4v) is 6.55. The SMILES string of the molecule is O=S1(=O)N(c2ccccc2)C[C@H](O)[C@]12CCN(Cc1cccc(C(F)(F)F)c1)C2. The van der Waals surface area contributed by atoms with E-state index in [2.05, 4.69) is 0 Å². The van der Waals surface area contributed by atoms with Gasteiger partial charge in [-0.05, 0) is 30.2 Å². The second kappa shape index (κ2) is 7.00. The summed E-state index contributed by atoms with van der Waals surface area (Å²) in [6, 6.07) is 13.6. The Morgan fingerprint density at radius 2 is 1.83 bits per heavy atom. The molecule has 2 aromatic carbocycles. The third-order valence-corrected chi connectivity index (χ3v) is 8.37. The molecule has 0 amide bonds. The van der Waals surface area contributed by atoms with Crippen LogP contribution in [0.2, 0.25) is 0 Å². The molecule has 2 aromatic rings. The number of hydrogen-bond donors (Lipinski definition) is 1. The number of benzene rings is 2. The topological polar surface area (TPSA) is 60.9 Å². The summed E-state index contributed by atoms with van der Waals surface area (Å²) in [4.78, 5) is 1.80. The number of anilines is 1. The van der Waals surface area contributed by atoms with Gasteiger partial charge in [0.15, 0.2) is 0 Å². The van der Waals surface area contributed by atoms with E-state index in [0.29, 0.717) is 17.8 Å². The number of likely N-dealkylation sites (tertiary alicyclic amines) is 1. The maximum Gasteiger partial charge on any atom is 0.416 e. The Morgan fingerprint density at radius 3 is 2.52 bits per heavy atom. The highest BCUT2D eigenvalue weighted by Gasteiger charge is 2.61. The lowest BCUT2D eigenvalue weighted by Gasteiger charge is -2.27. The predicted octanol–water partition coefficient (Wildman–Crippen LogP) is 2.86. The number of para-hydroxylation sites is 1. The molecule has 2 aliphatic rings. The summed E-state index contributed by atoms with van der Waals surface area (Å²) < 4.78 is 65.3. The lowest BCUT2D eigenvalue weighted by Crippen LogP contribution is -2.47. The zero-order valence-corrected chi connectivity index (χ0v) is 16.3. The number of alkyl halides is 3. The van der Waals surface area contributed by atoms with Crippen LogP contribution in [0.15, 0.2) is 54.6 Å². The minimum atomic E-state index is -4.43. The van der Waals surface area contributed by atoms with Crippen molar-refractivity contribution in [2.24, 2.45) is 0 Å². The summed E-state index contributed by atoms with van der Waals surface area (Å²) >= 11 is 0. The molecule has 1 spiro atoms. The Hall–Kier alpha value is -2.10. The van der Waals surface area contributed by atoms with Gasteiger partial charge in [-0.1, -0.05) is 36.4 Å². The minimum Gasteiger partial charge on any atom is -0.389 e. The van der Waals surface area contributed by atoms with E-state index in [0.717, 1.165) is 12.1 Å². The molecule has 29 heavy (non-hydrogen) atoms. The quantitative estimate of drug-likeness (QED) is 0.820. The molecule has 0 aromatic heterocycles.